The molecule has 4 aliphatic heterocycles. The summed E-state index contributed by atoms with van der Waals surface area (Å²) in [5, 5.41) is 13.5. The van der Waals surface area contributed by atoms with E-state index in [1.807, 2.05) is 89.1 Å². The van der Waals surface area contributed by atoms with Crippen molar-refractivity contribution >= 4 is 51.6 Å². The first-order valence-electron chi connectivity index (χ1n) is 35.3. The summed E-state index contributed by atoms with van der Waals surface area (Å²) in [6, 6.07) is 40.9. The lowest BCUT2D eigenvalue weighted by Gasteiger charge is -2.30. The number of aromatic nitrogens is 8. The number of imidazole rings is 4. The lowest BCUT2D eigenvalue weighted by atomic mass is 9.93. The number of carbonyl (C=O) groups is 5. The number of carbonyl (C=O) groups excluding carboxylic acids is 5. The molecule has 0 spiro atoms. The molecule has 6 atom stereocenters. The maximum Gasteiger partial charge on any atom is 0.410 e. The third kappa shape index (κ3) is 14.7. The minimum absolute atomic E-state index is 0.0840. The first-order chi connectivity index (χ1) is 48.8. The molecule has 22 nitrogen and oxygen atoms in total. The summed E-state index contributed by atoms with van der Waals surface area (Å²) in [6.45, 7) is 16.2. The molecule has 14 rings (SSSR count). The van der Waals surface area contributed by atoms with Gasteiger partial charge in [0.1, 0.15) is 41.0 Å². The molecule has 8 heterocycles. The molecule has 4 fully saturated rings. The summed E-state index contributed by atoms with van der Waals surface area (Å²) in [6.07, 6.45) is 13.3. The van der Waals surface area contributed by atoms with Crippen molar-refractivity contribution in [2.75, 3.05) is 40.4 Å². The molecule has 10 aromatic rings. The van der Waals surface area contributed by atoms with E-state index in [1.54, 1.807) is 4.90 Å². The molecule has 0 bridgehead atoms. The number of fused-ring (bicyclic) bond motifs is 2. The van der Waals surface area contributed by atoms with Gasteiger partial charge < -0.3 is 59.9 Å². The van der Waals surface area contributed by atoms with Crippen LogP contribution in [-0.4, -0.2) is 143 Å². The summed E-state index contributed by atoms with van der Waals surface area (Å²) in [7, 11) is 2.60. The van der Waals surface area contributed by atoms with Crippen LogP contribution in [-0.2, 0) is 23.8 Å². The molecule has 6 aromatic carbocycles. The SMILES string of the molecule is COC(=O)N[C@H](C(=O)N1CCC[C@H]1c1ncc(-c2ccc(-c3ccc(-c4cnc([C@@H]5CCCN5)[nH]4)c4ccccc34)cc2)[nH]1)C(C)C.COC(=O)N[C@H](C(=O)N1CCC[C@H]1c1ncc(-c2ccc(-c3ccc(-c4cnc([C@@H]5CCCN5C(=O)OC(C)(C)C)[nH]4)c4ccccc34)cc2)[nH]1)C(C)C. The molecule has 4 aromatic heterocycles. The number of likely N-dealkylation sites (tertiary alicyclic amines) is 3. The predicted molar refractivity (Wildman–Crippen MR) is 390 cm³/mol. The van der Waals surface area contributed by atoms with Crippen LogP contribution in [0.4, 0.5) is 14.4 Å². The Morgan fingerprint density at radius 1 is 0.446 bits per heavy atom. The normalized spacial score (nSPS) is 18.3. The number of hydrogen-bond acceptors (Lipinski definition) is 13. The van der Waals surface area contributed by atoms with Gasteiger partial charge in [0.15, 0.2) is 0 Å². The molecule has 5 amide bonds. The second-order valence-corrected chi connectivity index (χ2v) is 28.4. The zero-order valence-electron chi connectivity index (χ0n) is 58.9. The average molecular weight is 1360 g/mol. The van der Waals surface area contributed by atoms with Gasteiger partial charge in [0.25, 0.3) is 0 Å². The van der Waals surface area contributed by atoms with Crippen molar-refractivity contribution in [1.82, 2.24) is 70.5 Å². The number of aromatic amines is 4. The monoisotopic (exact) mass is 1360 g/mol. The fourth-order valence-electron chi connectivity index (χ4n) is 14.7. The Bertz CT molecular complexity index is 4610. The van der Waals surface area contributed by atoms with E-state index in [0.717, 1.165) is 147 Å². The van der Waals surface area contributed by atoms with Crippen LogP contribution in [0.25, 0.3) is 88.8 Å². The molecular weight excluding hydrogens is 1270 g/mol. The van der Waals surface area contributed by atoms with E-state index in [-0.39, 0.29) is 47.9 Å². The van der Waals surface area contributed by atoms with Gasteiger partial charge in [-0.1, -0.05) is 149 Å². The van der Waals surface area contributed by atoms with E-state index in [9.17, 15) is 24.0 Å². The third-order valence-corrected chi connectivity index (χ3v) is 19.9. The summed E-state index contributed by atoms with van der Waals surface area (Å²) in [5.41, 5.74) is 11.8. The van der Waals surface area contributed by atoms with Crippen molar-refractivity contribution in [3.8, 4) is 67.3 Å². The Labute approximate surface area is 588 Å². The highest BCUT2D eigenvalue weighted by atomic mass is 16.6. The highest BCUT2D eigenvalue weighted by molar-refractivity contribution is 6.06. The minimum Gasteiger partial charge on any atom is -0.453 e. The van der Waals surface area contributed by atoms with Gasteiger partial charge in [0, 0.05) is 30.8 Å². The quantitative estimate of drug-likeness (QED) is 0.0444. The van der Waals surface area contributed by atoms with Crippen LogP contribution >= 0.6 is 0 Å². The molecular formula is C79H90N14O8. The van der Waals surface area contributed by atoms with Gasteiger partial charge in [-0.3, -0.25) is 14.5 Å². The number of methoxy groups -OCH3 is 2. The van der Waals surface area contributed by atoms with Gasteiger partial charge in [-0.25, -0.2) is 34.3 Å². The Hall–Kier alpha value is -10.6. The van der Waals surface area contributed by atoms with E-state index < -0.39 is 29.9 Å². The zero-order chi connectivity index (χ0) is 70.6. The Kier molecular flexibility index (Phi) is 20.2. The van der Waals surface area contributed by atoms with Crippen LogP contribution < -0.4 is 16.0 Å². The van der Waals surface area contributed by atoms with Crippen LogP contribution in [0.15, 0.2) is 146 Å². The number of alkyl carbamates (subject to hydrolysis) is 2. The molecule has 524 valence electrons. The number of hydrogen-bond donors (Lipinski definition) is 7. The van der Waals surface area contributed by atoms with Gasteiger partial charge in [-0.2, -0.15) is 0 Å². The first-order valence-corrected chi connectivity index (χ1v) is 35.3. The van der Waals surface area contributed by atoms with Crippen molar-refractivity contribution in [1.29, 1.82) is 0 Å². The van der Waals surface area contributed by atoms with E-state index >= 15 is 0 Å². The number of H-pyrrole nitrogens is 4. The fourth-order valence-corrected chi connectivity index (χ4v) is 14.7. The molecule has 4 saturated heterocycles. The number of benzene rings is 6. The molecule has 0 unspecified atom stereocenters. The van der Waals surface area contributed by atoms with Crippen molar-refractivity contribution in [2.24, 2.45) is 11.8 Å². The second kappa shape index (κ2) is 29.7. The fraction of sp³-hybridized carbons (Fsp3) is 0.380. The van der Waals surface area contributed by atoms with Crippen molar-refractivity contribution in [3.05, 3.63) is 169 Å². The summed E-state index contributed by atoms with van der Waals surface area (Å²) >= 11 is 0. The minimum atomic E-state index is -0.684. The molecule has 0 saturated carbocycles. The number of ether oxygens (including phenoxy) is 3. The van der Waals surface area contributed by atoms with Crippen LogP contribution in [0.2, 0.25) is 0 Å². The Balaban J connectivity index is 0.000000182. The predicted octanol–water partition coefficient (Wildman–Crippen LogP) is 15.2. The molecule has 4 aliphatic rings. The molecule has 0 radical (unpaired) electrons. The van der Waals surface area contributed by atoms with Crippen LogP contribution in [0, 0.1) is 11.8 Å². The highest BCUT2D eigenvalue weighted by Crippen LogP contribution is 2.41. The molecule has 7 N–H and O–H groups in total. The van der Waals surface area contributed by atoms with Crippen molar-refractivity contribution < 1.29 is 38.2 Å². The van der Waals surface area contributed by atoms with E-state index in [4.69, 9.17) is 34.1 Å². The van der Waals surface area contributed by atoms with E-state index in [2.05, 4.69) is 151 Å². The van der Waals surface area contributed by atoms with Crippen LogP contribution in [0.3, 0.4) is 0 Å². The second-order valence-electron chi connectivity index (χ2n) is 28.4. The average Bonchev–Trinajstić information content (AvgIpc) is 1.77. The maximum atomic E-state index is 13.6. The molecule has 22 heteroatoms. The van der Waals surface area contributed by atoms with E-state index in [1.165, 1.54) is 37.0 Å². The van der Waals surface area contributed by atoms with E-state index in [0.29, 0.717) is 25.7 Å². The van der Waals surface area contributed by atoms with Gasteiger partial charge in [0.05, 0.1) is 86.0 Å². The molecule has 101 heavy (non-hydrogen) atoms. The topological polar surface area (TPSA) is 274 Å². The van der Waals surface area contributed by atoms with Gasteiger partial charge in [-0.05, 0) is 145 Å². The van der Waals surface area contributed by atoms with Gasteiger partial charge in [0.2, 0.25) is 11.8 Å². The third-order valence-electron chi connectivity index (χ3n) is 19.9. The Morgan fingerprint density at radius 2 is 0.802 bits per heavy atom. The van der Waals surface area contributed by atoms with Gasteiger partial charge in [-0.15, -0.1) is 0 Å². The highest BCUT2D eigenvalue weighted by Gasteiger charge is 2.40. The van der Waals surface area contributed by atoms with Crippen LogP contribution in [0.1, 0.15) is 147 Å². The lowest BCUT2D eigenvalue weighted by Crippen LogP contribution is -2.51. The summed E-state index contributed by atoms with van der Waals surface area (Å²) in [5.74, 6) is 2.82. The standard InChI is InChI=1S/C42H49N7O5.C37H41N7O3/c1-25(2)36(47-40(51)53-6)39(50)48-21-9-13-34(48)37-43-23-32(45-37)27-17-15-26(16-18-27)28-19-20-31(30-12-8-7-11-29(28)30)33-24-44-38(46-33)35-14-10-22-49(35)41(52)54-42(3,4)5;1-22(2)33(43-37(46)47-3)36(45)44-19-7-11-32(44)35-40-20-30(41-35)24-14-12-23(13-15-24)25-16-17-28(27-9-5-4-8-26(25)27)31-21-39-34(42-31)29-10-6-18-38-29/h7-8,11-12,15-20,23-25,34-36H,9-10,13-14,21-22H2,1-6H3,(H,43,45)(H,44,46)(H,47,51);4-5,8-9,12-17,20-22,29,32-33,38H,6-7,10-11,18-19H2,1-3H3,(H,39,42)(H,40,41)(H,43,46)/t34-,35-,36-;29-,32-,33-/m00/s1. The smallest absolute Gasteiger partial charge is 0.410 e. The Morgan fingerprint density at radius 3 is 1.20 bits per heavy atom. The molecule has 0 aliphatic carbocycles. The van der Waals surface area contributed by atoms with Crippen LogP contribution in [0.5, 0.6) is 0 Å². The number of rotatable bonds is 16. The summed E-state index contributed by atoms with van der Waals surface area (Å²) < 4.78 is 15.2. The maximum absolute atomic E-state index is 13.6. The van der Waals surface area contributed by atoms with Crippen molar-refractivity contribution in [2.45, 2.75) is 142 Å². The zero-order valence-corrected chi connectivity index (χ0v) is 58.9. The first kappa shape index (κ1) is 68.9. The van der Waals surface area contributed by atoms with Gasteiger partial charge >= 0.3 is 18.3 Å². The largest absolute Gasteiger partial charge is 0.453 e. The number of nitrogens with one attached hydrogen (secondary N) is 7. The number of nitrogens with zero attached hydrogens (tertiary/aromatic N) is 7. The summed E-state index contributed by atoms with van der Waals surface area (Å²) in [4.78, 5) is 102. The lowest BCUT2D eigenvalue weighted by molar-refractivity contribution is -0.136. The van der Waals surface area contributed by atoms with Crippen molar-refractivity contribution in [3.63, 3.8) is 0 Å². The number of amides is 5.